The van der Waals surface area contributed by atoms with Crippen LogP contribution in [0.5, 0.6) is 0 Å². The third kappa shape index (κ3) is 3.33. The van der Waals surface area contributed by atoms with Crippen LogP contribution in [-0.4, -0.2) is 11.1 Å². The van der Waals surface area contributed by atoms with Gasteiger partial charge >= 0.3 is 5.97 Å². The second kappa shape index (κ2) is 6.00. The third-order valence-corrected chi connectivity index (χ3v) is 3.15. The van der Waals surface area contributed by atoms with Gasteiger partial charge in [0.15, 0.2) is 17.7 Å². The number of rotatable bonds is 4. The lowest BCUT2D eigenvalue weighted by atomic mass is 10.1. The molecule has 0 saturated carbocycles. The van der Waals surface area contributed by atoms with E-state index in [9.17, 15) is 18.7 Å². The Morgan fingerprint density at radius 2 is 1.90 bits per heavy atom. The van der Waals surface area contributed by atoms with E-state index in [2.05, 4.69) is 21.2 Å². The highest BCUT2D eigenvalue weighted by atomic mass is 79.9. The van der Waals surface area contributed by atoms with Crippen LogP contribution in [0.25, 0.3) is 0 Å². The number of carboxylic acids is 1. The number of benzene rings is 2. The van der Waals surface area contributed by atoms with Gasteiger partial charge in [0.2, 0.25) is 0 Å². The number of halogens is 3. The van der Waals surface area contributed by atoms with Gasteiger partial charge < -0.3 is 10.4 Å². The maximum atomic E-state index is 13.2. The molecule has 0 aromatic heterocycles. The molecule has 2 aromatic carbocycles. The highest BCUT2D eigenvalue weighted by molar-refractivity contribution is 9.10. The highest BCUT2D eigenvalue weighted by Crippen LogP contribution is 2.23. The first-order valence-corrected chi connectivity index (χ1v) is 6.46. The molecule has 20 heavy (non-hydrogen) atoms. The van der Waals surface area contributed by atoms with Gasteiger partial charge in [-0.2, -0.15) is 0 Å². The van der Waals surface area contributed by atoms with Crippen LogP contribution in [0.2, 0.25) is 0 Å². The fraction of sp³-hybridized carbons (Fsp3) is 0.0714. The number of nitrogens with one attached hydrogen (secondary N) is 1. The molecule has 0 spiro atoms. The minimum atomic E-state index is -1.18. The van der Waals surface area contributed by atoms with E-state index in [1.54, 1.807) is 24.3 Å². The van der Waals surface area contributed by atoms with E-state index in [1.165, 1.54) is 6.07 Å². The van der Waals surface area contributed by atoms with Crippen molar-refractivity contribution in [1.82, 2.24) is 0 Å². The molecule has 0 saturated heterocycles. The van der Waals surface area contributed by atoms with E-state index in [0.29, 0.717) is 5.69 Å². The summed E-state index contributed by atoms with van der Waals surface area (Å²) in [4.78, 5) is 11.3. The van der Waals surface area contributed by atoms with Gasteiger partial charge in [-0.3, -0.25) is 0 Å². The van der Waals surface area contributed by atoms with Crippen LogP contribution < -0.4 is 5.32 Å². The second-order valence-corrected chi connectivity index (χ2v) is 5.02. The Labute approximate surface area is 122 Å². The Bertz CT molecular complexity index is 649. The summed E-state index contributed by atoms with van der Waals surface area (Å²) in [5.74, 6) is -3.28. The molecule has 0 amide bonds. The van der Waals surface area contributed by atoms with Crippen LogP contribution in [0, 0.1) is 11.6 Å². The molecule has 104 valence electrons. The van der Waals surface area contributed by atoms with Gasteiger partial charge in [0, 0.05) is 10.2 Å². The highest BCUT2D eigenvalue weighted by Gasteiger charge is 2.21. The van der Waals surface area contributed by atoms with Crippen LogP contribution in [0.1, 0.15) is 11.6 Å². The molecule has 3 nitrogen and oxygen atoms in total. The monoisotopic (exact) mass is 341 g/mol. The van der Waals surface area contributed by atoms with Gasteiger partial charge in [-0.15, -0.1) is 0 Å². The van der Waals surface area contributed by atoms with Crippen molar-refractivity contribution in [2.45, 2.75) is 6.04 Å². The van der Waals surface area contributed by atoms with Gasteiger partial charge in [-0.1, -0.05) is 28.1 Å². The molecule has 0 heterocycles. The Balaban J connectivity index is 2.32. The van der Waals surface area contributed by atoms with Crippen molar-refractivity contribution < 1.29 is 18.7 Å². The van der Waals surface area contributed by atoms with Crippen molar-refractivity contribution in [1.29, 1.82) is 0 Å². The van der Waals surface area contributed by atoms with Crippen LogP contribution in [0.15, 0.2) is 46.9 Å². The summed E-state index contributed by atoms with van der Waals surface area (Å²) < 4.78 is 26.9. The number of hydrogen-bond acceptors (Lipinski definition) is 2. The summed E-state index contributed by atoms with van der Waals surface area (Å²) >= 11 is 3.27. The maximum absolute atomic E-state index is 13.2. The minimum absolute atomic E-state index is 0.136. The van der Waals surface area contributed by atoms with Crippen LogP contribution in [0.3, 0.4) is 0 Å². The molecule has 0 aliphatic heterocycles. The number of carboxylic acid groups (broad SMARTS) is 1. The summed E-state index contributed by atoms with van der Waals surface area (Å²) in [5, 5.41) is 12.0. The maximum Gasteiger partial charge on any atom is 0.330 e. The number of aliphatic carboxylic acids is 1. The van der Waals surface area contributed by atoms with Crippen LogP contribution >= 0.6 is 15.9 Å². The molecule has 0 aliphatic carbocycles. The number of anilines is 1. The zero-order valence-electron chi connectivity index (χ0n) is 10.1. The van der Waals surface area contributed by atoms with E-state index in [-0.39, 0.29) is 5.56 Å². The van der Waals surface area contributed by atoms with Crippen molar-refractivity contribution in [2.24, 2.45) is 0 Å². The largest absolute Gasteiger partial charge is 0.479 e. The molecule has 0 radical (unpaired) electrons. The predicted molar refractivity (Wildman–Crippen MR) is 74.5 cm³/mol. The Morgan fingerprint density at radius 1 is 1.15 bits per heavy atom. The quantitative estimate of drug-likeness (QED) is 0.884. The van der Waals surface area contributed by atoms with E-state index in [4.69, 9.17) is 0 Å². The molecule has 2 rings (SSSR count). The minimum Gasteiger partial charge on any atom is -0.479 e. The first-order chi connectivity index (χ1) is 9.47. The fourth-order valence-corrected chi connectivity index (χ4v) is 2.12. The molecule has 0 fully saturated rings. The second-order valence-electron chi connectivity index (χ2n) is 4.10. The molecule has 0 bridgehead atoms. The standard InChI is InChI=1S/C14H10BrF2NO2/c15-9-2-1-3-10(7-9)18-13(14(19)20)8-4-5-11(16)12(17)6-8/h1-7,13,18H,(H,19,20). The van der Waals surface area contributed by atoms with Crippen molar-refractivity contribution in [2.75, 3.05) is 5.32 Å². The molecule has 2 N–H and O–H groups in total. The number of hydrogen-bond donors (Lipinski definition) is 2. The SMILES string of the molecule is O=C(O)C(Nc1cccc(Br)c1)c1ccc(F)c(F)c1. The van der Waals surface area contributed by atoms with Crippen LogP contribution in [0.4, 0.5) is 14.5 Å². The van der Waals surface area contributed by atoms with Crippen LogP contribution in [-0.2, 0) is 4.79 Å². The van der Waals surface area contributed by atoms with Gasteiger partial charge in [-0.25, -0.2) is 13.6 Å². The number of carbonyl (C=O) groups is 1. The van der Waals surface area contributed by atoms with Gasteiger partial charge in [-0.05, 0) is 35.9 Å². The molecular formula is C14H10BrF2NO2. The topological polar surface area (TPSA) is 49.3 Å². The van der Waals surface area contributed by atoms with Crippen molar-refractivity contribution in [3.8, 4) is 0 Å². The van der Waals surface area contributed by atoms with E-state index < -0.39 is 23.6 Å². The molecule has 0 aliphatic rings. The Morgan fingerprint density at radius 3 is 2.50 bits per heavy atom. The fourth-order valence-electron chi connectivity index (χ4n) is 1.72. The van der Waals surface area contributed by atoms with Crippen molar-refractivity contribution >= 4 is 27.6 Å². The first kappa shape index (κ1) is 14.5. The summed E-state index contributed by atoms with van der Waals surface area (Å²) in [7, 11) is 0. The van der Waals surface area contributed by atoms with Gasteiger partial charge in [0.1, 0.15) is 0 Å². The molecule has 1 unspecified atom stereocenters. The third-order valence-electron chi connectivity index (χ3n) is 2.66. The summed E-state index contributed by atoms with van der Waals surface area (Å²) in [6.07, 6.45) is 0. The zero-order valence-corrected chi connectivity index (χ0v) is 11.7. The summed E-state index contributed by atoms with van der Waals surface area (Å²) in [5.41, 5.74) is 0.688. The smallest absolute Gasteiger partial charge is 0.330 e. The summed E-state index contributed by atoms with van der Waals surface area (Å²) in [6, 6.07) is 8.75. The van der Waals surface area contributed by atoms with E-state index in [1.807, 2.05) is 0 Å². The normalized spacial score (nSPS) is 11.9. The van der Waals surface area contributed by atoms with Crippen molar-refractivity contribution in [3.63, 3.8) is 0 Å². The molecule has 1 atom stereocenters. The first-order valence-electron chi connectivity index (χ1n) is 5.67. The Hall–Kier alpha value is -1.95. The molecular weight excluding hydrogens is 332 g/mol. The van der Waals surface area contributed by atoms with Gasteiger partial charge in [0.25, 0.3) is 0 Å². The van der Waals surface area contributed by atoms with E-state index in [0.717, 1.165) is 16.6 Å². The lowest BCUT2D eigenvalue weighted by Gasteiger charge is -2.16. The zero-order chi connectivity index (χ0) is 14.7. The average molecular weight is 342 g/mol. The van der Waals surface area contributed by atoms with Crippen molar-refractivity contribution in [3.05, 3.63) is 64.1 Å². The molecule has 2 aromatic rings. The van der Waals surface area contributed by atoms with Gasteiger partial charge in [0.05, 0.1) is 0 Å². The average Bonchev–Trinajstić information content (AvgIpc) is 2.39. The summed E-state index contributed by atoms with van der Waals surface area (Å²) in [6.45, 7) is 0. The Kier molecular flexibility index (Phi) is 4.34. The van der Waals surface area contributed by atoms with E-state index >= 15 is 0 Å². The lowest BCUT2D eigenvalue weighted by molar-refractivity contribution is -0.138. The lowest BCUT2D eigenvalue weighted by Crippen LogP contribution is -2.20. The predicted octanol–water partition coefficient (Wildman–Crippen LogP) is 3.97. The molecule has 6 heteroatoms.